The zero-order valence-corrected chi connectivity index (χ0v) is 44.8. The summed E-state index contributed by atoms with van der Waals surface area (Å²) in [5.41, 5.74) is 0. The minimum Gasteiger partial charge on any atom is -0.468 e. The Labute approximate surface area is 404 Å². The van der Waals surface area contributed by atoms with Gasteiger partial charge in [-0.05, 0) is 83.1 Å². The molecule has 1 unspecified atom stereocenters. The fraction of sp³-hybridized carbons (Fsp3) is 0.929. The molecular weight excluding hydrogens is 815 g/mol. The van der Waals surface area contributed by atoms with Gasteiger partial charge in [-0.15, -0.1) is 0 Å². The molecule has 0 radical (unpaired) electrons. The van der Waals surface area contributed by atoms with E-state index in [1.165, 1.54) is 128 Å². The Morgan fingerprint density at radius 3 is 1.45 bits per heavy atom. The van der Waals surface area contributed by atoms with Crippen molar-refractivity contribution >= 4 is 24.4 Å². The van der Waals surface area contributed by atoms with E-state index in [9.17, 15) is 19.2 Å². The highest BCUT2D eigenvalue weighted by molar-refractivity contribution is 5.70. The van der Waals surface area contributed by atoms with E-state index in [0.29, 0.717) is 38.9 Å². The van der Waals surface area contributed by atoms with E-state index in [-0.39, 0.29) is 30.1 Å². The molecule has 1 aliphatic heterocycles. The second-order valence-corrected chi connectivity index (χ2v) is 18.9. The van der Waals surface area contributed by atoms with Gasteiger partial charge < -0.3 is 18.9 Å². The Morgan fingerprint density at radius 2 is 0.954 bits per heavy atom. The second-order valence-electron chi connectivity index (χ2n) is 18.9. The molecule has 1 atom stereocenters. The highest BCUT2D eigenvalue weighted by Crippen LogP contribution is 2.19. The quantitative estimate of drug-likeness (QED) is 0.0256. The molecule has 0 aromatic rings. The van der Waals surface area contributed by atoms with Crippen molar-refractivity contribution in [1.82, 2.24) is 4.90 Å². The van der Waals surface area contributed by atoms with Gasteiger partial charge in [0.15, 0.2) is 0 Å². The van der Waals surface area contributed by atoms with Crippen molar-refractivity contribution in [1.29, 1.82) is 0 Å². The van der Waals surface area contributed by atoms with Crippen LogP contribution in [0.15, 0.2) is 0 Å². The maximum atomic E-state index is 12.3. The maximum absolute atomic E-state index is 12.3. The molecule has 0 aromatic heterocycles. The molecule has 388 valence electrons. The third kappa shape index (κ3) is 56.1. The molecule has 0 spiro atoms. The smallest absolute Gasteiger partial charge is 0.306 e. The van der Waals surface area contributed by atoms with Crippen LogP contribution in [0.2, 0.25) is 0 Å². The molecule has 0 N–H and O–H groups in total. The molecule has 1 saturated heterocycles. The van der Waals surface area contributed by atoms with Gasteiger partial charge in [0.05, 0.1) is 13.2 Å². The SMILES string of the molecule is CC.CC(C)C.CCCCCCCCC(CCCCCCCC)OC(=O)CCCCCCCOC=O.CCCCCCCCCCCOC(=O)CCCCN1CCC(OC(=O)CCC)C1. The largest absolute Gasteiger partial charge is 0.468 e. The number of carbonyl (C=O) groups is 4. The van der Waals surface area contributed by atoms with E-state index in [4.69, 9.17) is 14.2 Å². The lowest BCUT2D eigenvalue weighted by Gasteiger charge is -2.18. The molecule has 1 fully saturated rings. The van der Waals surface area contributed by atoms with Crippen molar-refractivity contribution in [3.8, 4) is 0 Å². The number of esters is 3. The lowest BCUT2D eigenvalue weighted by atomic mass is 10.0. The monoisotopic (exact) mass is 926 g/mol. The first-order chi connectivity index (χ1) is 31.6. The van der Waals surface area contributed by atoms with Crippen LogP contribution in [0.5, 0.6) is 0 Å². The number of hydrogen-bond acceptors (Lipinski definition) is 9. The summed E-state index contributed by atoms with van der Waals surface area (Å²) < 4.78 is 21.4. The van der Waals surface area contributed by atoms with E-state index in [2.05, 4.69) is 51.2 Å². The molecule has 0 aliphatic carbocycles. The highest BCUT2D eigenvalue weighted by atomic mass is 16.5. The molecule has 9 nitrogen and oxygen atoms in total. The van der Waals surface area contributed by atoms with Crippen LogP contribution in [0.25, 0.3) is 0 Å². The fourth-order valence-corrected chi connectivity index (χ4v) is 7.67. The zero-order valence-electron chi connectivity index (χ0n) is 44.8. The van der Waals surface area contributed by atoms with Crippen LogP contribution in [0.3, 0.4) is 0 Å². The Kier molecular flexibility index (Phi) is 58.0. The first-order valence-corrected chi connectivity index (χ1v) is 27.9. The van der Waals surface area contributed by atoms with Crippen molar-refractivity contribution < 1.29 is 38.1 Å². The number of rotatable bonds is 42. The maximum Gasteiger partial charge on any atom is 0.306 e. The standard InChI is InChI=1S/C26H50O4.C24H45NO4.C4H10.C2H6/c1-3-5-7-9-12-16-20-25(21-17-13-10-8-6-4-2)30-26(28)22-18-14-11-15-19-23-29-24-27;1-3-5-6-7-8-9-10-11-14-20-28-23(26)16-12-13-18-25-19-17-22(21-25)29-24(27)15-4-2;1-4(2)3;1-2/h24-25H,3-23H2,1-2H3;22H,3-21H2,1-2H3;4H,1-3H3;1-2H3. The molecule has 0 amide bonds. The van der Waals surface area contributed by atoms with Gasteiger partial charge in [-0.25, -0.2) is 0 Å². The minimum absolute atomic E-state index is 0.0127. The van der Waals surface area contributed by atoms with Crippen LogP contribution < -0.4 is 0 Å². The third-order valence-electron chi connectivity index (χ3n) is 11.4. The average Bonchev–Trinajstić information content (AvgIpc) is 3.73. The Balaban J connectivity index is -0.00000105. The van der Waals surface area contributed by atoms with Crippen molar-refractivity contribution in [2.24, 2.45) is 5.92 Å². The summed E-state index contributed by atoms with van der Waals surface area (Å²) in [6.07, 6.45) is 39.3. The first kappa shape index (κ1) is 67.1. The number of nitrogens with zero attached hydrogens (tertiary/aromatic N) is 1. The van der Waals surface area contributed by atoms with Crippen LogP contribution in [-0.4, -0.2) is 74.3 Å². The fourth-order valence-electron chi connectivity index (χ4n) is 7.67. The van der Waals surface area contributed by atoms with Crippen LogP contribution in [0.1, 0.15) is 287 Å². The van der Waals surface area contributed by atoms with E-state index < -0.39 is 0 Å². The lowest BCUT2D eigenvalue weighted by molar-refractivity contribution is -0.150. The summed E-state index contributed by atoms with van der Waals surface area (Å²) in [6, 6.07) is 0. The first-order valence-electron chi connectivity index (χ1n) is 27.9. The summed E-state index contributed by atoms with van der Waals surface area (Å²) in [7, 11) is 0. The van der Waals surface area contributed by atoms with Gasteiger partial charge in [0.25, 0.3) is 6.47 Å². The van der Waals surface area contributed by atoms with E-state index in [1.54, 1.807) is 0 Å². The molecular formula is C56H111NO8. The Morgan fingerprint density at radius 1 is 0.523 bits per heavy atom. The Hall–Kier alpha value is -2.16. The number of ether oxygens (including phenoxy) is 4. The summed E-state index contributed by atoms with van der Waals surface area (Å²) in [4.78, 5) is 48.1. The predicted octanol–water partition coefficient (Wildman–Crippen LogP) is 16.2. The lowest BCUT2D eigenvalue weighted by Crippen LogP contribution is -2.26. The van der Waals surface area contributed by atoms with Gasteiger partial charge in [0, 0.05) is 32.4 Å². The molecule has 1 heterocycles. The van der Waals surface area contributed by atoms with Gasteiger partial charge in [-0.1, -0.05) is 197 Å². The zero-order chi connectivity index (χ0) is 48.9. The number of carbonyl (C=O) groups excluding carboxylic acids is 4. The van der Waals surface area contributed by atoms with Crippen molar-refractivity contribution in [2.45, 2.75) is 299 Å². The summed E-state index contributed by atoms with van der Waals surface area (Å²) >= 11 is 0. The van der Waals surface area contributed by atoms with Gasteiger partial charge in [0.2, 0.25) is 0 Å². The van der Waals surface area contributed by atoms with Gasteiger partial charge >= 0.3 is 17.9 Å². The molecule has 0 aromatic carbocycles. The molecule has 1 aliphatic rings. The number of unbranched alkanes of at least 4 members (excludes halogenated alkanes) is 23. The highest BCUT2D eigenvalue weighted by Gasteiger charge is 2.25. The molecule has 0 saturated carbocycles. The van der Waals surface area contributed by atoms with Crippen LogP contribution in [-0.2, 0) is 38.1 Å². The Bertz CT molecular complexity index is 973. The van der Waals surface area contributed by atoms with Crippen LogP contribution in [0, 0.1) is 5.92 Å². The summed E-state index contributed by atoms with van der Waals surface area (Å²) in [6.45, 7) is 23.6. The third-order valence-corrected chi connectivity index (χ3v) is 11.4. The van der Waals surface area contributed by atoms with Crippen molar-refractivity contribution in [2.75, 3.05) is 32.8 Å². The van der Waals surface area contributed by atoms with Crippen molar-refractivity contribution in [3.05, 3.63) is 0 Å². The van der Waals surface area contributed by atoms with E-state index in [1.807, 2.05) is 20.8 Å². The van der Waals surface area contributed by atoms with Crippen molar-refractivity contribution in [3.63, 3.8) is 0 Å². The van der Waals surface area contributed by atoms with E-state index in [0.717, 1.165) is 103 Å². The van der Waals surface area contributed by atoms with Gasteiger partial charge in [-0.3, -0.25) is 24.1 Å². The normalized spacial score (nSPS) is 13.2. The van der Waals surface area contributed by atoms with E-state index >= 15 is 0 Å². The molecule has 0 bridgehead atoms. The summed E-state index contributed by atoms with van der Waals surface area (Å²) in [5, 5.41) is 0. The molecule has 1 rings (SSSR count). The van der Waals surface area contributed by atoms with Gasteiger partial charge in [0.1, 0.15) is 12.2 Å². The molecule has 65 heavy (non-hydrogen) atoms. The summed E-state index contributed by atoms with van der Waals surface area (Å²) in [5.74, 6) is 0.688. The molecule has 9 heteroatoms. The predicted molar refractivity (Wildman–Crippen MR) is 275 cm³/mol. The average molecular weight is 927 g/mol. The minimum atomic E-state index is -0.0749. The van der Waals surface area contributed by atoms with Crippen LogP contribution in [0.4, 0.5) is 0 Å². The second kappa shape index (κ2) is 56.2. The number of likely N-dealkylation sites (tertiary alicyclic amines) is 1. The number of hydrogen-bond donors (Lipinski definition) is 0. The topological polar surface area (TPSA) is 108 Å². The van der Waals surface area contributed by atoms with Gasteiger partial charge in [-0.2, -0.15) is 0 Å². The van der Waals surface area contributed by atoms with Crippen LogP contribution >= 0.6 is 0 Å².